The van der Waals surface area contributed by atoms with Gasteiger partial charge < -0.3 is 4.74 Å². The first-order valence-corrected chi connectivity index (χ1v) is 4.56. The second kappa shape index (κ2) is 5.04. The number of alkyl halides is 1. The normalized spacial score (nSPS) is 11.9. The van der Waals surface area contributed by atoms with Gasteiger partial charge in [0.25, 0.3) is 0 Å². The van der Waals surface area contributed by atoms with Crippen LogP contribution in [-0.2, 0) is 0 Å². The molecule has 0 aromatic heterocycles. The minimum absolute atomic E-state index is 0.0130. The van der Waals surface area contributed by atoms with Crippen LogP contribution in [-0.4, -0.2) is 12.0 Å². The van der Waals surface area contributed by atoms with Gasteiger partial charge in [0.2, 0.25) is 0 Å². The van der Waals surface area contributed by atoms with Crippen LogP contribution in [0.4, 0.5) is 4.39 Å². The van der Waals surface area contributed by atoms with Crippen molar-refractivity contribution in [2.45, 2.75) is 5.38 Å². The third-order valence-corrected chi connectivity index (χ3v) is 1.96. The Morgan fingerprint density at radius 3 is 2.86 bits per heavy atom. The van der Waals surface area contributed by atoms with E-state index in [2.05, 4.69) is 0 Å². The molecule has 74 valence electrons. The third-order valence-electron chi connectivity index (χ3n) is 1.43. The molecule has 0 fully saturated rings. The summed E-state index contributed by atoms with van der Waals surface area (Å²) in [5.41, 5.74) is 0. The molecule has 1 atom stereocenters. The van der Waals surface area contributed by atoms with Crippen LogP contribution in [0.15, 0.2) is 18.2 Å². The van der Waals surface area contributed by atoms with Crippen LogP contribution in [0.3, 0.4) is 0 Å². The zero-order valence-corrected chi connectivity index (χ0v) is 8.52. The second-order valence-corrected chi connectivity index (χ2v) is 3.42. The molecular weight excluding hydrogens is 228 g/mol. The van der Waals surface area contributed by atoms with Gasteiger partial charge >= 0.3 is 0 Å². The molecule has 0 heterocycles. The van der Waals surface area contributed by atoms with Crippen LogP contribution in [0, 0.1) is 17.1 Å². The topological polar surface area (TPSA) is 33.0 Å². The minimum Gasteiger partial charge on any atom is -0.491 e. The van der Waals surface area contributed by atoms with E-state index in [4.69, 9.17) is 33.2 Å². The van der Waals surface area contributed by atoms with Gasteiger partial charge in [-0.25, -0.2) is 4.39 Å². The number of hydrogen-bond donors (Lipinski definition) is 0. The molecule has 0 bridgehead atoms. The van der Waals surface area contributed by atoms with Crippen LogP contribution in [0.1, 0.15) is 0 Å². The van der Waals surface area contributed by atoms with Crippen LogP contribution < -0.4 is 4.74 Å². The van der Waals surface area contributed by atoms with Crippen LogP contribution in [0.5, 0.6) is 5.75 Å². The highest BCUT2D eigenvalue weighted by atomic mass is 35.5. The maximum Gasteiger partial charge on any atom is 0.154 e. The van der Waals surface area contributed by atoms with Crippen LogP contribution >= 0.6 is 23.2 Å². The average Bonchev–Trinajstić information content (AvgIpc) is 2.19. The molecular formula is C9H6Cl2FNO. The molecule has 0 aliphatic carbocycles. The van der Waals surface area contributed by atoms with Gasteiger partial charge in [-0.05, 0) is 12.1 Å². The van der Waals surface area contributed by atoms with Crippen molar-refractivity contribution in [3.8, 4) is 11.8 Å². The molecule has 0 aliphatic rings. The maximum atomic E-state index is 12.9. The number of halogens is 3. The Labute approximate surface area is 90.8 Å². The molecule has 1 aromatic carbocycles. The molecule has 1 aromatic rings. The van der Waals surface area contributed by atoms with Crippen LogP contribution in [0.2, 0.25) is 5.02 Å². The zero-order valence-electron chi connectivity index (χ0n) is 7.01. The molecule has 0 aliphatic heterocycles. The summed E-state index contributed by atoms with van der Waals surface area (Å²) < 4.78 is 17.9. The lowest BCUT2D eigenvalue weighted by atomic mass is 10.3. The van der Waals surface area contributed by atoms with Crippen LogP contribution in [0.25, 0.3) is 0 Å². The molecule has 2 nitrogen and oxygen atoms in total. The van der Waals surface area contributed by atoms with Crippen molar-refractivity contribution < 1.29 is 9.13 Å². The lowest BCUT2D eigenvalue weighted by Gasteiger charge is -2.06. The third kappa shape index (κ3) is 3.06. The van der Waals surface area contributed by atoms with E-state index in [9.17, 15) is 4.39 Å². The van der Waals surface area contributed by atoms with Gasteiger partial charge in [-0.3, -0.25) is 0 Å². The lowest BCUT2D eigenvalue weighted by molar-refractivity contribution is 0.327. The van der Waals surface area contributed by atoms with Gasteiger partial charge in [0.1, 0.15) is 18.2 Å². The van der Waals surface area contributed by atoms with Crippen molar-refractivity contribution in [1.82, 2.24) is 0 Å². The molecule has 0 spiro atoms. The SMILES string of the molecule is N#CC(Cl)COc1ccc(Cl)c(F)c1. The molecule has 0 saturated carbocycles. The number of benzene rings is 1. The molecule has 5 heteroatoms. The van der Waals surface area contributed by atoms with E-state index < -0.39 is 11.2 Å². The Balaban J connectivity index is 2.61. The first kappa shape index (κ1) is 11.1. The summed E-state index contributed by atoms with van der Waals surface area (Å²) in [4.78, 5) is 0. The van der Waals surface area contributed by atoms with E-state index in [0.717, 1.165) is 6.07 Å². The summed E-state index contributed by atoms with van der Waals surface area (Å²) in [5, 5.41) is 7.64. The molecule has 0 N–H and O–H groups in total. The van der Waals surface area contributed by atoms with E-state index in [1.165, 1.54) is 12.1 Å². The summed E-state index contributed by atoms with van der Waals surface area (Å²) >= 11 is 10.9. The van der Waals surface area contributed by atoms with E-state index in [1.54, 1.807) is 6.07 Å². The Kier molecular flexibility index (Phi) is 3.99. The fourth-order valence-corrected chi connectivity index (χ4v) is 0.954. The highest BCUT2D eigenvalue weighted by Gasteiger charge is 2.05. The monoisotopic (exact) mass is 233 g/mol. The van der Waals surface area contributed by atoms with E-state index in [-0.39, 0.29) is 11.6 Å². The minimum atomic E-state index is -0.742. The van der Waals surface area contributed by atoms with Gasteiger partial charge in [0.05, 0.1) is 11.1 Å². The number of rotatable bonds is 3. The lowest BCUT2D eigenvalue weighted by Crippen LogP contribution is -2.09. The van der Waals surface area contributed by atoms with Crippen molar-refractivity contribution in [3.63, 3.8) is 0 Å². The molecule has 0 saturated heterocycles. The Hall–Kier alpha value is -0.980. The number of hydrogen-bond acceptors (Lipinski definition) is 2. The number of nitriles is 1. The first-order valence-electron chi connectivity index (χ1n) is 3.75. The molecule has 1 rings (SSSR count). The van der Waals surface area contributed by atoms with Crippen molar-refractivity contribution >= 4 is 23.2 Å². The Morgan fingerprint density at radius 1 is 1.57 bits per heavy atom. The summed E-state index contributed by atoms with van der Waals surface area (Å²) in [6.45, 7) is 0.0130. The molecule has 0 radical (unpaired) electrons. The predicted molar refractivity (Wildman–Crippen MR) is 52.2 cm³/mol. The van der Waals surface area contributed by atoms with Gasteiger partial charge in [-0.15, -0.1) is 11.6 Å². The molecule has 14 heavy (non-hydrogen) atoms. The summed E-state index contributed by atoms with van der Waals surface area (Å²) in [5.74, 6) is -0.264. The summed E-state index contributed by atoms with van der Waals surface area (Å²) in [7, 11) is 0. The van der Waals surface area contributed by atoms with Crippen molar-refractivity contribution in [2.75, 3.05) is 6.61 Å². The van der Waals surface area contributed by atoms with Gasteiger partial charge in [-0.2, -0.15) is 5.26 Å². The molecule has 0 amide bonds. The average molecular weight is 234 g/mol. The zero-order chi connectivity index (χ0) is 10.6. The number of ether oxygens (including phenoxy) is 1. The van der Waals surface area contributed by atoms with Gasteiger partial charge in [0, 0.05) is 6.07 Å². The van der Waals surface area contributed by atoms with Gasteiger partial charge in [0.15, 0.2) is 5.38 Å². The van der Waals surface area contributed by atoms with Crippen molar-refractivity contribution in [3.05, 3.63) is 29.0 Å². The smallest absolute Gasteiger partial charge is 0.154 e. The van der Waals surface area contributed by atoms with E-state index in [1.807, 2.05) is 0 Å². The fraction of sp³-hybridized carbons (Fsp3) is 0.222. The second-order valence-electron chi connectivity index (χ2n) is 2.48. The maximum absolute atomic E-state index is 12.9. The Bertz CT molecular complexity index is 364. The van der Waals surface area contributed by atoms with E-state index >= 15 is 0 Å². The predicted octanol–water partition coefficient (Wildman–Crippen LogP) is 2.99. The van der Waals surface area contributed by atoms with Crippen molar-refractivity contribution in [1.29, 1.82) is 5.26 Å². The van der Waals surface area contributed by atoms with Gasteiger partial charge in [-0.1, -0.05) is 11.6 Å². The quantitative estimate of drug-likeness (QED) is 0.753. The highest BCUT2D eigenvalue weighted by molar-refractivity contribution is 6.30. The highest BCUT2D eigenvalue weighted by Crippen LogP contribution is 2.20. The summed E-state index contributed by atoms with van der Waals surface area (Å²) in [6.07, 6.45) is 0. The largest absolute Gasteiger partial charge is 0.491 e. The fourth-order valence-electron chi connectivity index (χ4n) is 0.773. The number of nitrogens with zero attached hydrogens (tertiary/aromatic N) is 1. The molecule has 1 unspecified atom stereocenters. The van der Waals surface area contributed by atoms with Crippen molar-refractivity contribution in [2.24, 2.45) is 0 Å². The first-order chi connectivity index (χ1) is 6.63. The van der Waals surface area contributed by atoms with E-state index in [0.29, 0.717) is 5.75 Å². The summed E-state index contributed by atoms with van der Waals surface area (Å²) in [6, 6.07) is 5.81. The Morgan fingerprint density at radius 2 is 2.29 bits per heavy atom. The standard InChI is InChI=1S/C9H6Cl2FNO/c10-6(4-13)5-14-7-1-2-8(11)9(12)3-7/h1-3,6H,5H2.